The first-order valence-corrected chi connectivity index (χ1v) is 9.47. The average molecular weight is 398 g/mol. The lowest BCUT2D eigenvalue weighted by atomic mass is 9.93. The molecule has 29 heavy (non-hydrogen) atoms. The third-order valence-electron chi connectivity index (χ3n) is 4.48. The van der Waals surface area contributed by atoms with Crippen LogP contribution in [0.1, 0.15) is 49.5 Å². The molecule has 1 heterocycles. The number of anilines is 3. The highest BCUT2D eigenvalue weighted by atomic mass is 16.5. The SMILES string of the molecule is CC(C)OC(=O)C(C)(N)c1ccc(Nc2ncc(C(N)=O)c(NC3CC3)n2)cc1. The number of nitrogens with one attached hydrogen (secondary N) is 2. The maximum atomic E-state index is 12.2. The molecule has 1 aliphatic carbocycles. The number of carbonyl (C=O) groups is 2. The van der Waals surface area contributed by atoms with Gasteiger partial charge in [0.2, 0.25) is 5.95 Å². The number of hydrogen-bond acceptors (Lipinski definition) is 8. The molecule has 6 N–H and O–H groups in total. The van der Waals surface area contributed by atoms with Crippen molar-refractivity contribution >= 4 is 29.3 Å². The normalized spacial score (nSPS) is 15.5. The van der Waals surface area contributed by atoms with Gasteiger partial charge in [-0.05, 0) is 51.3 Å². The zero-order valence-corrected chi connectivity index (χ0v) is 16.7. The largest absolute Gasteiger partial charge is 0.461 e. The first-order valence-electron chi connectivity index (χ1n) is 9.47. The number of benzene rings is 1. The van der Waals surface area contributed by atoms with Crippen molar-refractivity contribution in [3.05, 3.63) is 41.6 Å². The van der Waals surface area contributed by atoms with Gasteiger partial charge in [-0.25, -0.2) is 9.78 Å². The predicted molar refractivity (Wildman–Crippen MR) is 110 cm³/mol. The van der Waals surface area contributed by atoms with Crippen LogP contribution < -0.4 is 22.1 Å². The van der Waals surface area contributed by atoms with Gasteiger partial charge < -0.3 is 26.8 Å². The van der Waals surface area contributed by atoms with Crippen molar-refractivity contribution in [2.45, 2.75) is 51.3 Å². The Balaban J connectivity index is 1.75. The number of aromatic nitrogens is 2. The van der Waals surface area contributed by atoms with Crippen LogP contribution in [0.15, 0.2) is 30.5 Å². The molecule has 1 aromatic heterocycles. The Morgan fingerprint density at radius 2 is 1.90 bits per heavy atom. The van der Waals surface area contributed by atoms with Gasteiger partial charge in [-0.2, -0.15) is 4.98 Å². The van der Waals surface area contributed by atoms with Crippen LogP contribution in [0, 0.1) is 0 Å². The van der Waals surface area contributed by atoms with E-state index in [0.717, 1.165) is 12.8 Å². The van der Waals surface area contributed by atoms with Crippen molar-refractivity contribution < 1.29 is 14.3 Å². The lowest BCUT2D eigenvalue weighted by Gasteiger charge is -2.24. The van der Waals surface area contributed by atoms with E-state index >= 15 is 0 Å². The van der Waals surface area contributed by atoms with E-state index < -0.39 is 17.4 Å². The fraction of sp³-hybridized carbons (Fsp3) is 0.400. The van der Waals surface area contributed by atoms with Crippen LogP contribution in [0.3, 0.4) is 0 Å². The highest BCUT2D eigenvalue weighted by Gasteiger charge is 2.33. The number of amides is 1. The van der Waals surface area contributed by atoms with Crippen LogP contribution in [0.5, 0.6) is 0 Å². The van der Waals surface area contributed by atoms with Crippen molar-refractivity contribution in [3.8, 4) is 0 Å². The minimum Gasteiger partial charge on any atom is -0.461 e. The van der Waals surface area contributed by atoms with Gasteiger partial charge in [0.15, 0.2) is 0 Å². The monoisotopic (exact) mass is 398 g/mol. The van der Waals surface area contributed by atoms with Gasteiger partial charge in [-0.1, -0.05) is 12.1 Å². The summed E-state index contributed by atoms with van der Waals surface area (Å²) in [5, 5.41) is 6.26. The third kappa shape index (κ3) is 5.00. The minimum absolute atomic E-state index is 0.245. The molecular formula is C20H26N6O3. The highest BCUT2D eigenvalue weighted by Crippen LogP contribution is 2.27. The molecule has 0 aliphatic heterocycles. The molecule has 1 unspecified atom stereocenters. The maximum Gasteiger partial charge on any atom is 0.330 e. The topological polar surface area (TPSA) is 145 Å². The van der Waals surface area contributed by atoms with E-state index in [2.05, 4.69) is 20.6 Å². The second-order valence-corrected chi connectivity index (χ2v) is 7.60. The molecule has 9 heteroatoms. The van der Waals surface area contributed by atoms with E-state index in [-0.39, 0.29) is 11.7 Å². The maximum absolute atomic E-state index is 12.2. The number of carbonyl (C=O) groups excluding carboxylic acids is 2. The van der Waals surface area contributed by atoms with Crippen LogP contribution in [-0.2, 0) is 15.1 Å². The molecule has 9 nitrogen and oxygen atoms in total. The second kappa shape index (κ2) is 8.04. The molecular weight excluding hydrogens is 372 g/mol. The zero-order valence-electron chi connectivity index (χ0n) is 16.7. The summed E-state index contributed by atoms with van der Waals surface area (Å²) in [6.07, 6.45) is 3.22. The number of ether oxygens (including phenoxy) is 1. The van der Waals surface area contributed by atoms with Crippen LogP contribution in [-0.4, -0.2) is 34.0 Å². The Labute approximate surface area is 169 Å². The Kier molecular flexibility index (Phi) is 5.69. The van der Waals surface area contributed by atoms with Gasteiger partial charge in [0.25, 0.3) is 5.91 Å². The van der Waals surface area contributed by atoms with Crippen molar-refractivity contribution in [2.24, 2.45) is 11.5 Å². The molecule has 1 fully saturated rings. The summed E-state index contributed by atoms with van der Waals surface area (Å²) in [6, 6.07) is 7.32. The molecule has 1 saturated carbocycles. The van der Waals surface area contributed by atoms with Crippen LogP contribution in [0.25, 0.3) is 0 Å². The molecule has 3 rings (SSSR count). The first kappa shape index (κ1) is 20.5. The van der Waals surface area contributed by atoms with E-state index in [1.165, 1.54) is 6.20 Å². The molecule has 1 aromatic carbocycles. The van der Waals surface area contributed by atoms with E-state index in [4.69, 9.17) is 16.2 Å². The molecule has 1 aliphatic rings. The smallest absolute Gasteiger partial charge is 0.330 e. The highest BCUT2D eigenvalue weighted by molar-refractivity contribution is 5.97. The average Bonchev–Trinajstić information content (AvgIpc) is 3.45. The van der Waals surface area contributed by atoms with Crippen molar-refractivity contribution in [1.82, 2.24) is 9.97 Å². The lowest BCUT2D eigenvalue weighted by molar-refractivity contribution is -0.153. The van der Waals surface area contributed by atoms with Gasteiger partial charge in [-0.3, -0.25) is 4.79 Å². The zero-order chi connectivity index (χ0) is 21.2. The predicted octanol–water partition coefficient (Wildman–Crippen LogP) is 2.02. The number of esters is 1. The summed E-state index contributed by atoms with van der Waals surface area (Å²) in [4.78, 5) is 32.3. The Bertz CT molecular complexity index is 907. The summed E-state index contributed by atoms with van der Waals surface area (Å²) in [5.74, 6) is -0.338. The number of nitrogens with two attached hydrogens (primary N) is 2. The molecule has 154 valence electrons. The van der Waals surface area contributed by atoms with Crippen LogP contribution in [0.4, 0.5) is 17.5 Å². The number of hydrogen-bond donors (Lipinski definition) is 4. The Morgan fingerprint density at radius 3 is 2.45 bits per heavy atom. The number of primary amides is 1. The first-order chi connectivity index (χ1) is 13.7. The summed E-state index contributed by atoms with van der Waals surface area (Å²) in [7, 11) is 0. The fourth-order valence-electron chi connectivity index (χ4n) is 2.64. The van der Waals surface area contributed by atoms with E-state index in [0.29, 0.717) is 29.1 Å². The Morgan fingerprint density at radius 1 is 1.24 bits per heavy atom. The standard InChI is InChI=1S/C20H26N6O3/c1-11(2)29-18(28)20(3,22)12-4-6-14(7-5-12)25-19-23-10-15(16(21)27)17(26-19)24-13-8-9-13/h4-7,10-11,13H,8-9,22H2,1-3H3,(H2,21,27)(H2,23,24,25,26). The van der Waals surface area contributed by atoms with E-state index in [9.17, 15) is 9.59 Å². The molecule has 0 saturated heterocycles. The second-order valence-electron chi connectivity index (χ2n) is 7.60. The summed E-state index contributed by atoms with van der Waals surface area (Å²) in [6.45, 7) is 5.16. The van der Waals surface area contributed by atoms with Crippen molar-refractivity contribution in [3.63, 3.8) is 0 Å². The van der Waals surface area contributed by atoms with Crippen LogP contribution in [0.2, 0.25) is 0 Å². The van der Waals surface area contributed by atoms with Crippen LogP contribution >= 0.6 is 0 Å². The molecule has 2 aromatic rings. The number of nitrogens with zero attached hydrogens (tertiary/aromatic N) is 2. The molecule has 1 amide bonds. The summed E-state index contributed by atoms with van der Waals surface area (Å²) >= 11 is 0. The van der Waals surface area contributed by atoms with E-state index in [1.54, 1.807) is 45.0 Å². The van der Waals surface area contributed by atoms with Crippen molar-refractivity contribution in [2.75, 3.05) is 10.6 Å². The van der Waals surface area contributed by atoms with Gasteiger partial charge in [-0.15, -0.1) is 0 Å². The molecule has 0 radical (unpaired) electrons. The summed E-state index contributed by atoms with van der Waals surface area (Å²) < 4.78 is 5.23. The Hall–Kier alpha value is -3.20. The minimum atomic E-state index is -1.26. The van der Waals surface area contributed by atoms with Crippen molar-refractivity contribution in [1.29, 1.82) is 0 Å². The van der Waals surface area contributed by atoms with E-state index in [1.807, 2.05) is 0 Å². The molecule has 1 atom stereocenters. The summed E-state index contributed by atoms with van der Waals surface area (Å²) in [5.41, 5.74) is 11.9. The third-order valence-corrected chi connectivity index (χ3v) is 4.48. The fourth-order valence-corrected chi connectivity index (χ4v) is 2.64. The molecule has 0 bridgehead atoms. The number of rotatable bonds is 8. The van der Waals surface area contributed by atoms with Gasteiger partial charge >= 0.3 is 5.97 Å². The van der Waals surface area contributed by atoms with Gasteiger partial charge in [0, 0.05) is 17.9 Å². The quantitative estimate of drug-likeness (QED) is 0.494. The van der Waals surface area contributed by atoms with Gasteiger partial charge in [0.05, 0.1) is 11.7 Å². The lowest BCUT2D eigenvalue weighted by Crippen LogP contribution is -2.44. The molecule has 0 spiro atoms. The van der Waals surface area contributed by atoms with Gasteiger partial charge in [0.1, 0.15) is 11.4 Å².